The number of aliphatic hydroxyl groups is 1. The molecule has 0 saturated carbocycles. The maximum Gasteiger partial charge on any atom is 0.291 e. The van der Waals surface area contributed by atoms with Gasteiger partial charge in [-0.05, 0) is 84.2 Å². The van der Waals surface area contributed by atoms with Crippen molar-refractivity contribution in [2.75, 3.05) is 18.5 Å². The predicted molar refractivity (Wildman–Crippen MR) is 208 cm³/mol. The van der Waals surface area contributed by atoms with E-state index in [1.54, 1.807) is 0 Å². The Kier molecular flexibility index (Phi) is 10.2. The molecule has 1 fully saturated rings. The summed E-state index contributed by atoms with van der Waals surface area (Å²) >= 11 is 0. The number of anilines is 1. The molecule has 2 aromatic rings. The number of hydrogen-bond donors (Lipinski definition) is 3. The van der Waals surface area contributed by atoms with E-state index in [9.17, 15) is 15.2 Å². The van der Waals surface area contributed by atoms with Gasteiger partial charge in [0.2, 0.25) is 0 Å². The summed E-state index contributed by atoms with van der Waals surface area (Å²) in [6.45, 7) is 27.6. The van der Waals surface area contributed by atoms with Gasteiger partial charge in [-0.15, -0.1) is 0 Å². The molecule has 3 N–H and O–H groups in total. The number of nitriles is 1. The van der Waals surface area contributed by atoms with Crippen LogP contribution in [0.2, 0.25) is 36.3 Å². The summed E-state index contributed by atoms with van der Waals surface area (Å²) in [5.41, 5.74) is 0.799. The van der Waals surface area contributed by atoms with Crippen LogP contribution in [0.1, 0.15) is 115 Å². The molecule has 278 valence electrons. The molecule has 1 saturated heterocycles. The number of hydrogen-bond acceptors (Lipinski definition) is 7. The lowest BCUT2D eigenvalue weighted by molar-refractivity contribution is -0.217. The van der Waals surface area contributed by atoms with Gasteiger partial charge in [0.15, 0.2) is 28.2 Å². The highest BCUT2D eigenvalue weighted by Gasteiger charge is 2.59. The Labute approximate surface area is 307 Å². The van der Waals surface area contributed by atoms with Crippen LogP contribution in [0.3, 0.4) is 0 Å². The summed E-state index contributed by atoms with van der Waals surface area (Å²) in [5, 5.41) is 25.3. The van der Waals surface area contributed by atoms with E-state index in [1.165, 1.54) is 6.20 Å². The van der Waals surface area contributed by atoms with Crippen molar-refractivity contribution in [1.82, 2.24) is 9.97 Å². The zero-order chi connectivity index (χ0) is 37.9. The fraction of sp³-hybridized carbons (Fsp3) is 0.625. The molecular weight excluding hydrogens is 673 g/mol. The van der Waals surface area contributed by atoms with Crippen LogP contribution in [0.5, 0.6) is 0 Å². The zero-order valence-corrected chi connectivity index (χ0v) is 35.0. The van der Waals surface area contributed by atoms with Gasteiger partial charge in [0.1, 0.15) is 17.3 Å². The number of fused-ring (bicyclic) bond motifs is 2. The molecule has 9 nitrogen and oxygen atoms in total. The van der Waals surface area contributed by atoms with Gasteiger partial charge in [0, 0.05) is 30.3 Å². The third-order valence-electron chi connectivity index (χ3n) is 12.3. The minimum Gasteiger partial charge on any atom is -0.414 e. The standard InChI is InChI=1S/C40H60N4O5Si2/c1-35(2,3)50(9,10)47-26-38-19-20-39(49-38,27-48-51(11,12)36(4,5)6)25-40(46,24-38)29-13-14-32(44-34(45)33-42-23-30(22-41)43-33)31(21-29)28-15-17-37(7,8)18-16-28/h13-15,19-21,23,46H,16-18,24-27H2,1-12H3,(H,42,43)(H,44,45)/t38-,39+,40+. The normalized spacial score (nSPS) is 26.5. The summed E-state index contributed by atoms with van der Waals surface area (Å²) in [5.74, 6) is -0.365. The number of nitrogens with one attached hydrogen (secondary N) is 2. The van der Waals surface area contributed by atoms with Crippen molar-refractivity contribution in [3.8, 4) is 6.07 Å². The molecule has 0 radical (unpaired) electrons. The van der Waals surface area contributed by atoms with Crippen molar-refractivity contribution in [3.63, 3.8) is 0 Å². The van der Waals surface area contributed by atoms with E-state index in [-0.39, 0.29) is 27.0 Å². The number of allylic oxidation sites excluding steroid dienone is 2. The van der Waals surface area contributed by atoms with Crippen molar-refractivity contribution in [2.24, 2.45) is 5.41 Å². The van der Waals surface area contributed by atoms with Gasteiger partial charge in [-0.1, -0.05) is 79.7 Å². The maximum atomic E-state index is 13.3. The highest BCUT2D eigenvalue weighted by atomic mass is 28.4. The van der Waals surface area contributed by atoms with Crippen LogP contribution < -0.4 is 5.32 Å². The van der Waals surface area contributed by atoms with Gasteiger partial charge in [-0.2, -0.15) is 5.26 Å². The van der Waals surface area contributed by atoms with Crippen molar-refractivity contribution in [3.05, 3.63) is 65.3 Å². The van der Waals surface area contributed by atoms with E-state index in [0.717, 1.165) is 36.0 Å². The van der Waals surface area contributed by atoms with Gasteiger partial charge >= 0.3 is 0 Å². The Hall–Kier alpha value is -2.86. The van der Waals surface area contributed by atoms with E-state index in [1.807, 2.05) is 18.2 Å². The summed E-state index contributed by atoms with van der Waals surface area (Å²) < 4.78 is 20.7. The number of aromatic nitrogens is 2. The average Bonchev–Trinajstić information content (AvgIpc) is 3.61. The number of carbonyl (C=O) groups excluding carboxylic acids is 1. The molecule has 11 heteroatoms. The summed E-state index contributed by atoms with van der Waals surface area (Å²) in [7, 11) is -4.29. The molecule has 0 spiro atoms. The molecule has 3 aliphatic rings. The van der Waals surface area contributed by atoms with Crippen molar-refractivity contribution in [1.29, 1.82) is 5.26 Å². The number of benzene rings is 1. The molecule has 2 aliphatic heterocycles. The van der Waals surface area contributed by atoms with E-state index in [2.05, 4.69) is 121 Å². The van der Waals surface area contributed by atoms with Gasteiger partial charge in [-0.3, -0.25) is 4.79 Å². The van der Waals surface area contributed by atoms with E-state index in [4.69, 9.17) is 13.6 Å². The smallest absolute Gasteiger partial charge is 0.291 e. The summed E-state index contributed by atoms with van der Waals surface area (Å²) in [6, 6.07) is 7.83. The van der Waals surface area contributed by atoms with Crippen LogP contribution in [0.15, 0.2) is 42.6 Å². The zero-order valence-electron chi connectivity index (χ0n) is 33.0. The highest BCUT2D eigenvalue weighted by molar-refractivity contribution is 6.74. The average molecular weight is 733 g/mol. The number of nitrogens with zero attached hydrogens (tertiary/aromatic N) is 2. The Balaban J connectivity index is 1.55. The second-order valence-corrected chi connectivity index (χ2v) is 28.7. The molecule has 3 atom stereocenters. The Bertz CT molecular complexity index is 1710. The second kappa shape index (κ2) is 13.2. The number of amides is 1. The number of imidazole rings is 1. The van der Waals surface area contributed by atoms with Crippen LogP contribution in [0.25, 0.3) is 5.57 Å². The lowest BCUT2D eigenvalue weighted by Crippen LogP contribution is -2.58. The van der Waals surface area contributed by atoms with E-state index >= 15 is 0 Å². The monoisotopic (exact) mass is 732 g/mol. The van der Waals surface area contributed by atoms with Gasteiger partial charge in [0.25, 0.3) is 5.91 Å². The number of H-pyrrole nitrogens is 1. The lowest BCUT2D eigenvalue weighted by Gasteiger charge is -2.51. The van der Waals surface area contributed by atoms with Gasteiger partial charge < -0.3 is 29.0 Å². The molecule has 51 heavy (non-hydrogen) atoms. The molecular formula is C40H60N4O5Si2. The Morgan fingerprint density at radius 3 is 2.06 bits per heavy atom. The first-order valence-corrected chi connectivity index (χ1v) is 24.2. The van der Waals surface area contributed by atoms with Gasteiger partial charge in [-0.25, -0.2) is 4.98 Å². The third kappa shape index (κ3) is 8.22. The van der Waals surface area contributed by atoms with E-state index in [0.29, 0.717) is 31.7 Å². The largest absolute Gasteiger partial charge is 0.414 e. The highest BCUT2D eigenvalue weighted by Crippen LogP contribution is 2.54. The predicted octanol–water partition coefficient (Wildman–Crippen LogP) is 9.22. The molecule has 2 bridgehead atoms. The SMILES string of the molecule is CC1(C)CC=C(c2cc([C@]3(O)C[C@@]4(CO[Si](C)(C)C(C)(C)C)C=C[C@@](CO[Si](C)(C)C(C)(C)C)(C3)O4)ccc2NC(=O)c2nc(C#N)c[nH]2)CC1. The van der Waals surface area contributed by atoms with Crippen LogP contribution in [-0.4, -0.2) is 62.0 Å². The Morgan fingerprint density at radius 1 is 1.02 bits per heavy atom. The molecule has 1 aromatic heterocycles. The minimum absolute atomic E-state index is 0.0166. The number of aromatic amines is 1. The fourth-order valence-corrected chi connectivity index (χ4v) is 8.80. The lowest BCUT2D eigenvalue weighted by atomic mass is 9.73. The van der Waals surface area contributed by atoms with Crippen molar-refractivity contribution in [2.45, 2.75) is 141 Å². The quantitative estimate of drug-likeness (QED) is 0.164. The molecule has 3 heterocycles. The first-order chi connectivity index (χ1) is 23.3. The molecule has 1 amide bonds. The first kappa shape index (κ1) is 39.4. The molecule has 5 rings (SSSR count). The molecule has 0 unspecified atom stereocenters. The van der Waals surface area contributed by atoms with Crippen LogP contribution in [-0.2, 0) is 19.2 Å². The van der Waals surface area contributed by atoms with Crippen LogP contribution in [0, 0.1) is 16.7 Å². The molecule has 1 aromatic carbocycles. The number of carbonyl (C=O) groups is 1. The summed E-state index contributed by atoms with van der Waals surface area (Å²) in [6.07, 6.45) is 11.3. The third-order valence-corrected chi connectivity index (χ3v) is 21.2. The van der Waals surface area contributed by atoms with Crippen LogP contribution in [0.4, 0.5) is 5.69 Å². The first-order valence-electron chi connectivity index (χ1n) is 18.3. The van der Waals surface area contributed by atoms with Crippen molar-refractivity contribution >= 4 is 33.8 Å². The number of rotatable bonds is 10. The minimum atomic E-state index is -2.15. The number of ether oxygens (including phenoxy) is 1. The topological polar surface area (TPSA) is 129 Å². The summed E-state index contributed by atoms with van der Waals surface area (Å²) in [4.78, 5) is 20.2. The van der Waals surface area contributed by atoms with Crippen molar-refractivity contribution < 1.29 is 23.5 Å². The maximum absolute atomic E-state index is 13.3. The fourth-order valence-electron chi connectivity index (χ4n) is 6.73. The molecule has 1 aliphatic carbocycles. The van der Waals surface area contributed by atoms with Gasteiger partial charge in [0.05, 0.1) is 18.8 Å². The van der Waals surface area contributed by atoms with Crippen LogP contribution >= 0.6 is 0 Å². The Morgan fingerprint density at radius 2 is 1.59 bits per heavy atom. The second-order valence-electron chi connectivity index (χ2n) is 19.1. The van der Waals surface area contributed by atoms with E-state index < -0.39 is 39.3 Å².